The number of carbonyl (C=O) groups excluding carboxylic acids is 2. The number of ether oxygens (including phenoxy) is 1. The summed E-state index contributed by atoms with van der Waals surface area (Å²) in [6.45, 7) is 1.03. The molecule has 38 heavy (non-hydrogen) atoms. The number of amides is 2. The van der Waals surface area contributed by atoms with Crippen molar-refractivity contribution in [3.8, 4) is 11.6 Å². The van der Waals surface area contributed by atoms with E-state index in [1.165, 1.54) is 17.0 Å². The van der Waals surface area contributed by atoms with Crippen molar-refractivity contribution in [2.75, 3.05) is 26.2 Å². The van der Waals surface area contributed by atoms with Crippen LogP contribution >= 0.6 is 0 Å². The molecule has 5 rings (SSSR count). The molecule has 8 nitrogen and oxygen atoms in total. The lowest BCUT2D eigenvalue weighted by atomic mass is 9.84. The number of aromatic amines is 1. The predicted octanol–water partition coefficient (Wildman–Crippen LogP) is 4.35. The van der Waals surface area contributed by atoms with Crippen molar-refractivity contribution in [1.29, 1.82) is 0 Å². The van der Waals surface area contributed by atoms with E-state index in [0.29, 0.717) is 36.7 Å². The van der Waals surface area contributed by atoms with E-state index in [4.69, 9.17) is 4.74 Å². The van der Waals surface area contributed by atoms with Crippen LogP contribution in [0, 0.1) is 11.7 Å². The molecule has 1 N–H and O–H groups in total. The van der Waals surface area contributed by atoms with Gasteiger partial charge in [-0.2, -0.15) is 0 Å². The van der Waals surface area contributed by atoms with Gasteiger partial charge in [-0.15, -0.1) is 5.10 Å². The number of benzene rings is 2. The maximum Gasteiger partial charge on any atom is 0.272 e. The van der Waals surface area contributed by atoms with Crippen molar-refractivity contribution >= 4 is 22.6 Å². The van der Waals surface area contributed by atoms with E-state index in [-0.39, 0.29) is 66.9 Å². The quantitative estimate of drug-likeness (QED) is 0.531. The van der Waals surface area contributed by atoms with Gasteiger partial charge in [0.25, 0.3) is 11.5 Å². The van der Waals surface area contributed by atoms with Crippen molar-refractivity contribution in [2.24, 2.45) is 5.92 Å². The predicted molar refractivity (Wildman–Crippen MR) is 133 cm³/mol. The summed E-state index contributed by atoms with van der Waals surface area (Å²) in [7, 11) is 0. The first-order valence-corrected chi connectivity index (χ1v) is 12.6. The number of hydrogen-bond acceptors (Lipinski definition) is 5. The third kappa shape index (κ3) is 5.51. The van der Waals surface area contributed by atoms with Crippen LogP contribution < -0.4 is 10.3 Å². The Morgan fingerprint density at radius 2 is 1.66 bits per heavy atom. The first-order chi connectivity index (χ1) is 18.2. The Balaban J connectivity index is 1.22. The minimum Gasteiger partial charge on any atom is -0.437 e. The molecular weight excluding hydrogens is 501 g/mol. The molecule has 2 heterocycles. The van der Waals surface area contributed by atoms with E-state index in [9.17, 15) is 27.6 Å². The average molecular weight is 529 g/mol. The van der Waals surface area contributed by atoms with Gasteiger partial charge in [-0.05, 0) is 49.1 Å². The Kier molecular flexibility index (Phi) is 7.09. The van der Waals surface area contributed by atoms with Crippen LogP contribution in [0.4, 0.5) is 13.2 Å². The van der Waals surface area contributed by atoms with Gasteiger partial charge in [0.2, 0.25) is 17.7 Å². The lowest BCUT2D eigenvalue weighted by Gasteiger charge is -2.36. The van der Waals surface area contributed by atoms with E-state index in [1.807, 2.05) is 0 Å². The zero-order chi connectivity index (χ0) is 26.9. The third-order valence-corrected chi connectivity index (χ3v) is 7.26. The number of rotatable bonds is 5. The highest BCUT2D eigenvalue weighted by Crippen LogP contribution is 2.37. The second kappa shape index (κ2) is 10.5. The second-order valence-corrected chi connectivity index (χ2v) is 9.82. The lowest BCUT2D eigenvalue weighted by molar-refractivity contribution is -0.134. The first kappa shape index (κ1) is 25.7. The molecule has 1 aliphatic heterocycles. The molecule has 200 valence electrons. The van der Waals surface area contributed by atoms with Crippen molar-refractivity contribution in [1.82, 2.24) is 20.0 Å². The van der Waals surface area contributed by atoms with Gasteiger partial charge in [0.05, 0.1) is 16.3 Å². The zero-order valence-electron chi connectivity index (χ0n) is 20.6. The topological polar surface area (TPSA) is 95.6 Å². The van der Waals surface area contributed by atoms with Gasteiger partial charge in [0.15, 0.2) is 0 Å². The molecule has 11 heteroatoms. The van der Waals surface area contributed by atoms with Crippen molar-refractivity contribution in [3.05, 3.63) is 64.2 Å². The summed E-state index contributed by atoms with van der Waals surface area (Å²) < 4.78 is 47.2. The van der Waals surface area contributed by atoms with Crippen LogP contribution in [0.5, 0.6) is 11.6 Å². The Bertz CT molecular complexity index is 1410. The van der Waals surface area contributed by atoms with Crippen molar-refractivity contribution in [3.63, 3.8) is 0 Å². The van der Waals surface area contributed by atoms with E-state index >= 15 is 0 Å². The van der Waals surface area contributed by atoms with Crippen LogP contribution in [-0.2, 0) is 4.79 Å². The monoisotopic (exact) mass is 528 g/mol. The number of nitrogens with one attached hydrogen (secondary N) is 1. The molecule has 2 fully saturated rings. The van der Waals surface area contributed by atoms with Gasteiger partial charge < -0.3 is 14.5 Å². The van der Waals surface area contributed by atoms with Gasteiger partial charge in [-0.3, -0.25) is 14.4 Å². The minimum atomic E-state index is -2.63. The largest absolute Gasteiger partial charge is 0.437 e. The summed E-state index contributed by atoms with van der Waals surface area (Å²) in [5.74, 6) is -3.75. The molecule has 1 aromatic heterocycles. The molecule has 3 aromatic rings. The Labute approximate surface area is 216 Å². The smallest absolute Gasteiger partial charge is 0.272 e. The number of piperazine rings is 1. The van der Waals surface area contributed by atoms with Gasteiger partial charge >= 0.3 is 0 Å². The van der Waals surface area contributed by atoms with Gasteiger partial charge in [0.1, 0.15) is 11.6 Å². The van der Waals surface area contributed by atoms with Crippen LogP contribution in [0.3, 0.4) is 0 Å². The van der Waals surface area contributed by atoms with Gasteiger partial charge in [-0.1, -0.05) is 12.1 Å². The molecule has 0 bridgehead atoms. The number of alkyl halides is 2. The second-order valence-electron chi connectivity index (χ2n) is 9.82. The molecule has 0 unspecified atom stereocenters. The maximum absolute atomic E-state index is 14.7. The van der Waals surface area contributed by atoms with Gasteiger partial charge in [0, 0.05) is 45.4 Å². The van der Waals surface area contributed by atoms with Crippen LogP contribution in [0.2, 0.25) is 0 Å². The van der Waals surface area contributed by atoms with Gasteiger partial charge in [-0.25, -0.2) is 18.3 Å². The number of nitrogens with zero attached hydrogens (tertiary/aromatic N) is 3. The molecule has 1 saturated heterocycles. The molecule has 0 atom stereocenters. The van der Waals surface area contributed by atoms with Crippen LogP contribution in [0.1, 0.15) is 42.5 Å². The van der Waals surface area contributed by atoms with E-state index < -0.39 is 17.6 Å². The highest BCUT2D eigenvalue weighted by atomic mass is 19.3. The molecule has 0 spiro atoms. The van der Waals surface area contributed by atoms with Crippen molar-refractivity contribution < 1.29 is 27.5 Å². The highest BCUT2D eigenvalue weighted by Gasteiger charge is 2.36. The maximum atomic E-state index is 14.7. The summed E-state index contributed by atoms with van der Waals surface area (Å²) in [6, 6.07) is 10.5. The summed E-state index contributed by atoms with van der Waals surface area (Å²) in [6.07, 6.45) is 0.524. The summed E-state index contributed by atoms with van der Waals surface area (Å²) in [4.78, 5) is 40.9. The first-order valence-electron chi connectivity index (χ1n) is 12.6. The minimum absolute atomic E-state index is 0.0484. The number of H-pyrrole nitrogens is 1. The Hall–Kier alpha value is -3.89. The standard InChI is InChI=1S/C27H27F3N4O4/c28-22-6-5-18(38-25-20-4-2-1-3-19(20)24(36)31-32-25)16-21(22)26(37)34-13-11-33(12-14-34)23(35)15-17-7-9-27(29,30)10-8-17/h1-6,16-17H,7-15H2,(H,31,36). The molecule has 1 saturated carbocycles. The molecule has 2 amide bonds. The SMILES string of the molecule is O=C(CC1CCC(F)(F)CC1)N1CCN(C(=O)c2cc(Oc3n[nH]c(=O)c4ccccc34)ccc2F)CC1. The van der Waals surface area contributed by atoms with E-state index in [1.54, 1.807) is 29.2 Å². The fourth-order valence-electron chi connectivity index (χ4n) is 5.02. The molecular formula is C27H27F3N4O4. The third-order valence-electron chi connectivity index (χ3n) is 7.26. The molecule has 2 aromatic carbocycles. The molecule has 0 radical (unpaired) electrons. The van der Waals surface area contributed by atoms with E-state index in [0.717, 1.165) is 6.07 Å². The summed E-state index contributed by atoms with van der Waals surface area (Å²) in [5, 5.41) is 7.15. The average Bonchev–Trinajstić information content (AvgIpc) is 2.92. The van der Waals surface area contributed by atoms with Crippen LogP contribution in [0.25, 0.3) is 10.8 Å². The number of fused-ring (bicyclic) bond motifs is 1. The number of halogens is 3. The zero-order valence-corrected chi connectivity index (χ0v) is 20.6. The van der Waals surface area contributed by atoms with Crippen molar-refractivity contribution in [2.45, 2.75) is 38.0 Å². The summed E-state index contributed by atoms with van der Waals surface area (Å²) in [5.41, 5.74) is -0.556. The number of carbonyl (C=O) groups is 2. The Morgan fingerprint density at radius 3 is 2.37 bits per heavy atom. The fraction of sp³-hybridized carbons (Fsp3) is 0.407. The molecule has 1 aliphatic carbocycles. The lowest BCUT2D eigenvalue weighted by Crippen LogP contribution is -2.51. The highest BCUT2D eigenvalue weighted by molar-refractivity contribution is 5.95. The number of hydrogen-bond donors (Lipinski definition) is 1. The fourth-order valence-corrected chi connectivity index (χ4v) is 5.02. The van der Waals surface area contributed by atoms with Crippen LogP contribution in [-0.4, -0.2) is 63.9 Å². The summed E-state index contributed by atoms with van der Waals surface area (Å²) >= 11 is 0. The number of aromatic nitrogens is 2. The van der Waals surface area contributed by atoms with Crippen LogP contribution in [0.15, 0.2) is 47.3 Å². The Morgan fingerprint density at radius 1 is 1.00 bits per heavy atom. The molecule has 2 aliphatic rings. The van der Waals surface area contributed by atoms with E-state index in [2.05, 4.69) is 10.2 Å². The normalized spacial score (nSPS) is 18.0.